The molecule has 2 aromatic carbocycles. The van der Waals surface area contributed by atoms with Crippen LogP contribution >= 0.6 is 0 Å². The maximum atomic E-state index is 11.8. The van der Waals surface area contributed by atoms with Gasteiger partial charge in [-0.05, 0) is 30.2 Å². The standard InChI is InChI=1S/C23H26N8O/c1-15(17-9-5-4-6-10-17)27-20-19-21(26-14-25-20)29-30-22(19)28-18-11-7-8-16(12-18)13-24-23(32)31(2)3/h4-12,14-15H,13H2,1-3H3,(H,24,32)(H3,25,26,27,28,29,30)/t15-/m0/s1. The minimum Gasteiger partial charge on any atom is -0.363 e. The van der Waals surface area contributed by atoms with Crippen LogP contribution in [0.3, 0.4) is 0 Å². The van der Waals surface area contributed by atoms with E-state index in [1.165, 1.54) is 11.2 Å². The van der Waals surface area contributed by atoms with Crippen molar-refractivity contribution in [1.29, 1.82) is 0 Å². The van der Waals surface area contributed by atoms with Crippen molar-refractivity contribution >= 4 is 34.4 Å². The van der Waals surface area contributed by atoms with E-state index in [-0.39, 0.29) is 12.1 Å². The molecule has 0 bridgehead atoms. The summed E-state index contributed by atoms with van der Waals surface area (Å²) >= 11 is 0. The Bertz CT molecular complexity index is 1210. The number of nitrogens with one attached hydrogen (secondary N) is 4. The molecular formula is C23H26N8O. The van der Waals surface area contributed by atoms with Gasteiger partial charge >= 0.3 is 6.03 Å². The van der Waals surface area contributed by atoms with Crippen molar-refractivity contribution in [2.24, 2.45) is 0 Å². The van der Waals surface area contributed by atoms with Gasteiger partial charge in [-0.1, -0.05) is 42.5 Å². The third kappa shape index (κ3) is 4.77. The lowest BCUT2D eigenvalue weighted by Gasteiger charge is -2.16. The number of anilines is 3. The fraction of sp³-hybridized carbons (Fsp3) is 0.217. The molecule has 2 amide bonds. The number of hydrogen-bond donors (Lipinski definition) is 4. The van der Waals surface area contributed by atoms with Gasteiger partial charge in [0, 0.05) is 32.4 Å². The topological polar surface area (TPSA) is 111 Å². The van der Waals surface area contributed by atoms with Gasteiger partial charge in [0.15, 0.2) is 11.5 Å². The number of rotatable bonds is 7. The van der Waals surface area contributed by atoms with Gasteiger partial charge in [0.05, 0.1) is 0 Å². The highest BCUT2D eigenvalue weighted by molar-refractivity contribution is 5.97. The van der Waals surface area contributed by atoms with Gasteiger partial charge in [-0.25, -0.2) is 14.8 Å². The Morgan fingerprint density at radius 3 is 2.66 bits per heavy atom. The number of benzene rings is 2. The Balaban J connectivity index is 1.55. The van der Waals surface area contributed by atoms with Crippen LogP contribution < -0.4 is 16.0 Å². The molecule has 0 saturated carbocycles. The summed E-state index contributed by atoms with van der Waals surface area (Å²) in [6.45, 7) is 2.51. The number of amides is 2. The summed E-state index contributed by atoms with van der Waals surface area (Å²) in [4.78, 5) is 22.1. The number of aromatic amines is 1. The summed E-state index contributed by atoms with van der Waals surface area (Å²) in [7, 11) is 3.42. The third-order valence-electron chi connectivity index (χ3n) is 5.05. The van der Waals surface area contributed by atoms with Crippen molar-refractivity contribution in [2.75, 3.05) is 24.7 Å². The zero-order valence-electron chi connectivity index (χ0n) is 18.3. The first-order valence-electron chi connectivity index (χ1n) is 10.3. The molecule has 0 unspecified atom stereocenters. The van der Waals surface area contributed by atoms with E-state index >= 15 is 0 Å². The summed E-state index contributed by atoms with van der Waals surface area (Å²) in [5, 5.41) is 17.8. The van der Waals surface area contributed by atoms with Gasteiger partial charge < -0.3 is 20.9 Å². The SMILES string of the molecule is C[C@H](Nc1ncnc2[nH]nc(Nc3cccc(CNC(=O)N(C)C)c3)c12)c1ccccc1. The van der Waals surface area contributed by atoms with Gasteiger partial charge in [0.25, 0.3) is 0 Å². The Labute approximate surface area is 186 Å². The summed E-state index contributed by atoms with van der Waals surface area (Å²) in [6.07, 6.45) is 1.51. The maximum absolute atomic E-state index is 11.8. The van der Waals surface area contributed by atoms with Gasteiger partial charge in [0.1, 0.15) is 17.5 Å². The molecule has 4 N–H and O–H groups in total. The molecule has 0 aliphatic carbocycles. The Kier molecular flexibility index (Phi) is 6.16. The normalized spacial score (nSPS) is 11.7. The minimum atomic E-state index is -0.137. The van der Waals surface area contributed by atoms with Crippen molar-refractivity contribution < 1.29 is 4.79 Å². The number of fused-ring (bicyclic) bond motifs is 1. The van der Waals surface area contributed by atoms with Crippen LogP contribution in [-0.2, 0) is 6.54 Å². The molecule has 0 aliphatic rings. The van der Waals surface area contributed by atoms with Crippen LogP contribution in [0.5, 0.6) is 0 Å². The lowest BCUT2D eigenvalue weighted by Crippen LogP contribution is -2.33. The smallest absolute Gasteiger partial charge is 0.317 e. The maximum Gasteiger partial charge on any atom is 0.317 e. The zero-order valence-corrected chi connectivity index (χ0v) is 18.3. The predicted octanol–water partition coefficient (Wildman–Crippen LogP) is 4.04. The molecule has 9 heteroatoms. The van der Waals surface area contributed by atoms with E-state index in [1.807, 2.05) is 42.5 Å². The van der Waals surface area contributed by atoms with Gasteiger partial charge in [-0.3, -0.25) is 5.10 Å². The molecule has 0 radical (unpaired) electrons. The lowest BCUT2D eigenvalue weighted by atomic mass is 10.1. The summed E-state index contributed by atoms with van der Waals surface area (Å²) in [5.74, 6) is 1.31. The van der Waals surface area contributed by atoms with E-state index in [4.69, 9.17) is 0 Å². The van der Waals surface area contributed by atoms with Gasteiger partial charge in [0.2, 0.25) is 0 Å². The first-order valence-corrected chi connectivity index (χ1v) is 10.3. The zero-order chi connectivity index (χ0) is 22.5. The average Bonchev–Trinajstić information content (AvgIpc) is 3.22. The molecule has 1 atom stereocenters. The van der Waals surface area contributed by atoms with Crippen LogP contribution in [0.2, 0.25) is 0 Å². The summed E-state index contributed by atoms with van der Waals surface area (Å²) in [6, 6.07) is 17.9. The number of hydrogen-bond acceptors (Lipinski definition) is 6. The highest BCUT2D eigenvalue weighted by atomic mass is 16.2. The largest absolute Gasteiger partial charge is 0.363 e. The molecule has 4 rings (SSSR count). The van der Waals surface area contributed by atoms with Gasteiger partial charge in [-0.15, -0.1) is 0 Å². The molecule has 9 nitrogen and oxygen atoms in total. The fourth-order valence-corrected chi connectivity index (χ4v) is 3.32. The third-order valence-corrected chi connectivity index (χ3v) is 5.05. The van der Waals surface area contributed by atoms with E-state index in [1.54, 1.807) is 14.1 Å². The van der Waals surface area contributed by atoms with Crippen molar-refractivity contribution in [3.8, 4) is 0 Å². The van der Waals surface area contributed by atoms with E-state index in [0.717, 1.165) is 22.2 Å². The molecular weight excluding hydrogens is 404 g/mol. The number of carbonyl (C=O) groups excluding carboxylic acids is 1. The second-order valence-electron chi connectivity index (χ2n) is 7.67. The summed E-state index contributed by atoms with van der Waals surface area (Å²) < 4.78 is 0. The Morgan fingerprint density at radius 1 is 1.06 bits per heavy atom. The van der Waals surface area contributed by atoms with Crippen LogP contribution in [0.25, 0.3) is 11.0 Å². The quantitative estimate of drug-likeness (QED) is 0.352. The van der Waals surface area contributed by atoms with E-state index in [0.29, 0.717) is 23.8 Å². The Hall–Kier alpha value is -4.14. The molecule has 0 saturated heterocycles. The van der Waals surface area contributed by atoms with Crippen LogP contribution in [0.4, 0.5) is 22.1 Å². The van der Waals surface area contributed by atoms with E-state index < -0.39 is 0 Å². The van der Waals surface area contributed by atoms with E-state index in [2.05, 4.69) is 55.2 Å². The predicted molar refractivity (Wildman–Crippen MR) is 126 cm³/mol. The first kappa shape index (κ1) is 21.1. The van der Waals surface area contributed by atoms with E-state index in [9.17, 15) is 4.79 Å². The fourth-order valence-electron chi connectivity index (χ4n) is 3.32. The number of urea groups is 1. The molecule has 0 spiro atoms. The average molecular weight is 431 g/mol. The number of nitrogens with zero attached hydrogens (tertiary/aromatic N) is 4. The highest BCUT2D eigenvalue weighted by Crippen LogP contribution is 2.30. The van der Waals surface area contributed by atoms with Crippen molar-refractivity contribution in [1.82, 2.24) is 30.4 Å². The highest BCUT2D eigenvalue weighted by Gasteiger charge is 2.15. The van der Waals surface area contributed by atoms with Crippen LogP contribution in [0.15, 0.2) is 60.9 Å². The second kappa shape index (κ2) is 9.34. The number of carbonyl (C=O) groups is 1. The molecule has 2 aromatic heterocycles. The first-order chi connectivity index (χ1) is 15.5. The lowest BCUT2D eigenvalue weighted by molar-refractivity contribution is 0.217. The molecule has 32 heavy (non-hydrogen) atoms. The van der Waals surface area contributed by atoms with Gasteiger partial charge in [-0.2, -0.15) is 5.10 Å². The van der Waals surface area contributed by atoms with Crippen molar-refractivity contribution in [3.63, 3.8) is 0 Å². The monoisotopic (exact) mass is 430 g/mol. The number of aromatic nitrogens is 4. The molecule has 2 heterocycles. The minimum absolute atomic E-state index is 0.0562. The Morgan fingerprint density at radius 2 is 1.88 bits per heavy atom. The van der Waals surface area contributed by atoms with Crippen LogP contribution in [0, 0.1) is 0 Å². The molecule has 0 fully saturated rings. The second-order valence-corrected chi connectivity index (χ2v) is 7.67. The molecule has 0 aliphatic heterocycles. The summed E-state index contributed by atoms with van der Waals surface area (Å²) in [5.41, 5.74) is 3.61. The molecule has 4 aromatic rings. The van der Waals surface area contributed by atoms with Crippen LogP contribution in [0.1, 0.15) is 24.1 Å². The number of H-pyrrole nitrogens is 1. The van der Waals surface area contributed by atoms with Crippen molar-refractivity contribution in [2.45, 2.75) is 19.5 Å². The van der Waals surface area contributed by atoms with Crippen molar-refractivity contribution in [3.05, 3.63) is 72.1 Å². The van der Waals surface area contributed by atoms with Crippen LogP contribution in [-0.4, -0.2) is 45.2 Å². The molecule has 164 valence electrons.